The Morgan fingerprint density at radius 2 is 1.40 bits per heavy atom. The van der Waals surface area contributed by atoms with Crippen molar-refractivity contribution in [2.45, 2.75) is 20.8 Å². The molecule has 0 aliphatic rings. The maximum absolute atomic E-state index is 13.6. The Kier molecular flexibility index (Phi) is 6.51. The lowest BCUT2D eigenvalue weighted by atomic mass is 10.0. The Hall–Kier alpha value is -4.26. The number of aryl methyl sites for hydroxylation is 3. The Morgan fingerprint density at radius 1 is 0.771 bits per heavy atom. The SMILES string of the molecule is COc1cc(C(=O)Oc2c(-c3ccc(C)cc3)oc3c(C)cc(C)cc3c2=O)cc(OC)c1OC. The second kappa shape index (κ2) is 9.54. The maximum atomic E-state index is 13.6. The lowest BCUT2D eigenvalue weighted by Gasteiger charge is -2.15. The topological polar surface area (TPSA) is 84.2 Å². The van der Waals surface area contributed by atoms with Crippen molar-refractivity contribution in [3.05, 3.63) is 81.0 Å². The molecule has 4 rings (SSSR count). The van der Waals surface area contributed by atoms with E-state index in [1.165, 1.54) is 33.5 Å². The summed E-state index contributed by atoms with van der Waals surface area (Å²) >= 11 is 0. The summed E-state index contributed by atoms with van der Waals surface area (Å²) in [5.74, 6) is 0.126. The van der Waals surface area contributed by atoms with Crippen LogP contribution in [-0.4, -0.2) is 27.3 Å². The van der Waals surface area contributed by atoms with E-state index in [0.29, 0.717) is 22.3 Å². The number of hydrogen-bond donors (Lipinski definition) is 0. The van der Waals surface area contributed by atoms with E-state index in [9.17, 15) is 9.59 Å². The smallest absolute Gasteiger partial charge is 0.344 e. The van der Waals surface area contributed by atoms with Gasteiger partial charge in [-0.1, -0.05) is 35.9 Å². The molecule has 35 heavy (non-hydrogen) atoms. The average Bonchev–Trinajstić information content (AvgIpc) is 2.85. The minimum Gasteiger partial charge on any atom is -0.493 e. The third-order valence-corrected chi connectivity index (χ3v) is 5.69. The third-order valence-electron chi connectivity index (χ3n) is 5.69. The molecule has 0 aliphatic heterocycles. The van der Waals surface area contributed by atoms with Gasteiger partial charge in [0.2, 0.25) is 16.9 Å². The molecule has 3 aromatic carbocycles. The minimum absolute atomic E-state index is 0.120. The fourth-order valence-corrected chi connectivity index (χ4v) is 3.97. The molecule has 0 bridgehead atoms. The van der Waals surface area contributed by atoms with Crippen LogP contribution in [-0.2, 0) is 0 Å². The molecule has 4 aromatic rings. The highest BCUT2D eigenvalue weighted by atomic mass is 16.5. The number of ether oxygens (including phenoxy) is 4. The number of carbonyl (C=O) groups is 1. The van der Waals surface area contributed by atoms with Crippen LogP contribution in [0.4, 0.5) is 0 Å². The van der Waals surface area contributed by atoms with Crippen LogP contribution in [0.15, 0.2) is 57.7 Å². The van der Waals surface area contributed by atoms with Gasteiger partial charge in [-0.3, -0.25) is 4.79 Å². The summed E-state index contributed by atoms with van der Waals surface area (Å²) < 4.78 is 27.9. The van der Waals surface area contributed by atoms with E-state index in [0.717, 1.165) is 16.7 Å². The third kappa shape index (κ3) is 4.45. The largest absolute Gasteiger partial charge is 0.493 e. The Balaban J connectivity index is 1.91. The van der Waals surface area contributed by atoms with Gasteiger partial charge in [-0.2, -0.15) is 0 Å². The molecule has 0 atom stereocenters. The van der Waals surface area contributed by atoms with E-state index in [1.54, 1.807) is 6.07 Å². The van der Waals surface area contributed by atoms with Gasteiger partial charge in [0.25, 0.3) is 0 Å². The first-order valence-corrected chi connectivity index (χ1v) is 10.9. The molecule has 1 heterocycles. The summed E-state index contributed by atoms with van der Waals surface area (Å²) in [4.78, 5) is 26.9. The number of benzene rings is 3. The van der Waals surface area contributed by atoms with Crippen molar-refractivity contribution in [1.29, 1.82) is 0 Å². The second-order valence-electron chi connectivity index (χ2n) is 8.22. The molecule has 0 amide bonds. The first-order chi connectivity index (χ1) is 16.8. The van der Waals surface area contributed by atoms with Crippen LogP contribution in [0.2, 0.25) is 0 Å². The zero-order valence-electron chi connectivity index (χ0n) is 20.5. The summed E-state index contributed by atoms with van der Waals surface area (Å²) in [7, 11) is 4.37. The molecular formula is C28H26O7. The molecule has 0 saturated carbocycles. The Morgan fingerprint density at radius 3 is 1.97 bits per heavy atom. The molecule has 1 aromatic heterocycles. The lowest BCUT2D eigenvalue weighted by Crippen LogP contribution is -2.17. The highest BCUT2D eigenvalue weighted by Crippen LogP contribution is 2.39. The Labute approximate surface area is 202 Å². The van der Waals surface area contributed by atoms with Crippen LogP contribution in [0, 0.1) is 20.8 Å². The van der Waals surface area contributed by atoms with Gasteiger partial charge in [-0.15, -0.1) is 0 Å². The van der Waals surface area contributed by atoms with E-state index in [4.69, 9.17) is 23.4 Å². The first-order valence-electron chi connectivity index (χ1n) is 10.9. The van der Waals surface area contributed by atoms with Crippen LogP contribution in [0.25, 0.3) is 22.3 Å². The van der Waals surface area contributed by atoms with Crippen LogP contribution in [0.5, 0.6) is 23.0 Å². The predicted molar refractivity (Wildman–Crippen MR) is 133 cm³/mol. The van der Waals surface area contributed by atoms with Gasteiger partial charge in [0.1, 0.15) is 5.58 Å². The van der Waals surface area contributed by atoms with Crippen molar-refractivity contribution in [2.24, 2.45) is 0 Å². The quantitative estimate of drug-likeness (QED) is 0.335. The normalized spacial score (nSPS) is 10.8. The van der Waals surface area contributed by atoms with Gasteiger partial charge in [0, 0.05) is 5.56 Å². The van der Waals surface area contributed by atoms with E-state index in [1.807, 2.05) is 51.1 Å². The van der Waals surface area contributed by atoms with E-state index >= 15 is 0 Å². The molecule has 0 spiro atoms. The van der Waals surface area contributed by atoms with Crippen molar-refractivity contribution in [3.8, 4) is 34.3 Å². The van der Waals surface area contributed by atoms with Crippen molar-refractivity contribution < 1.29 is 28.2 Å². The molecular weight excluding hydrogens is 448 g/mol. The standard InChI is InChI=1S/C28H26O7/c1-15-7-9-18(10-8-15)25-27(23(29)20-12-16(2)11-17(3)24(20)34-25)35-28(30)19-13-21(31-4)26(33-6)22(14-19)32-5/h7-14H,1-6H3. The molecule has 0 radical (unpaired) electrons. The van der Waals surface area contributed by atoms with Gasteiger partial charge in [0.15, 0.2) is 17.3 Å². The number of methoxy groups -OCH3 is 3. The molecule has 7 nitrogen and oxygen atoms in total. The highest BCUT2D eigenvalue weighted by molar-refractivity contribution is 5.94. The summed E-state index contributed by atoms with van der Waals surface area (Å²) in [5, 5.41) is 0.339. The maximum Gasteiger partial charge on any atom is 0.344 e. The lowest BCUT2D eigenvalue weighted by molar-refractivity contribution is 0.0730. The second-order valence-corrected chi connectivity index (χ2v) is 8.22. The van der Waals surface area contributed by atoms with Crippen LogP contribution >= 0.6 is 0 Å². The molecule has 0 aliphatic carbocycles. The van der Waals surface area contributed by atoms with E-state index in [-0.39, 0.29) is 28.6 Å². The predicted octanol–water partition coefficient (Wildman–Crippen LogP) is 5.63. The highest BCUT2D eigenvalue weighted by Gasteiger charge is 2.24. The molecule has 0 N–H and O–H groups in total. The van der Waals surface area contributed by atoms with Crippen molar-refractivity contribution >= 4 is 16.9 Å². The number of rotatable bonds is 6. The summed E-state index contributed by atoms with van der Waals surface area (Å²) in [6.45, 7) is 5.72. The van der Waals surface area contributed by atoms with Crippen LogP contribution in [0.3, 0.4) is 0 Å². The fraction of sp³-hybridized carbons (Fsp3) is 0.214. The van der Waals surface area contributed by atoms with E-state index in [2.05, 4.69) is 0 Å². The first kappa shape index (κ1) is 23.9. The van der Waals surface area contributed by atoms with Gasteiger partial charge in [0.05, 0.1) is 32.3 Å². The van der Waals surface area contributed by atoms with Gasteiger partial charge >= 0.3 is 5.97 Å². The van der Waals surface area contributed by atoms with Gasteiger partial charge in [-0.25, -0.2) is 4.79 Å². The average molecular weight is 475 g/mol. The van der Waals surface area contributed by atoms with Gasteiger partial charge < -0.3 is 23.4 Å². The van der Waals surface area contributed by atoms with Gasteiger partial charge in [-0.05, 0) is 50.1 Å². The number of esters is 1. The Bertz CT molecular complexity index is 1460. The molecule has 0 unspecified atom stereocenters. The zero-order valence-corrected chi connectivity index (χ0v) is 20.5. The van der Waals surface area contributed by atoms with Crippen LogP contribution < -0.4 is 24.4 Å². The molecule has 7 heteroatoms. The van der Waals surface area contributed by atoms with E-state index < -0.39 is 11.4 Å². The monoisotopic (exact) mass is 474 g/mol. The van der Waals surface area contributed by atoms with Crippen molar-refractivity contribution in [3.63, 3.8) is 0 Å². The molecule has 0 saturated heterocycles. The number of fused-ring (bicyclic) bond motifs is 1. The fourth-order valence-electron chi connectivity index (χ4n) is 3.97. The minimum atomic E-state index is -0.770. The van der Waals surface area contributed by atoms with Crippen molar-refractivity contribution in [1.82, 2.24) is 0 Å². The molecule has 0 fully saturated rings. The summed E-state index contributed by atoms with van der Waals surface area (Å²) in [6, 6.07) is 14.0. The molecule has 180 valence electrons. The zero-order chi connectivity index (χ0) is 25.3. The number of hydrogen-bond acceptors (Lipinski definition) is 7. The number of carbonyl (C=O) groups excluding carboxylic acids is 1. The summed E-state index contributed by atoms with van der Waals surface area (Å²) in [5.41, 5.74) is 3.50. The summed E-state index contributed by atoms with van der Waals surface area (Å²) in [6.07, 6.45) is 0. The van der Waals surface area contributed by atoms with Crippen LogP contribution in [0.1, 0.15) is 27.0 Å². The van der Waals surface area contributed by atoms with Crippen molar-refractivity contribution in [2.75, 3.05) is 21.3 Å².